The molecule has 0 amide bonds. The van der Waals surface area contributed by atoms with E-state index in [1.165, 1.54) is 36.9 Å². The van der Waals surface area contributed by atoms with Crippen molar-refractivity contribution in [3.63, 3.8) is 0 Å². The number of nitrogens with zero attached hydrogens (tertiary/aromatic N) is 5. The first kappa shape index (κ1) is 36.1. The molecule has 0 aliphatic carbocycles. The number of ether oxygens (including phenoxy) is 4. The lowest BCUT2D eigenvalue weighted by molar-refractivity contribution is -0.148. The van der Waals surface area contributed by atoms with Gasteiger partial charge in [0, 0.05) is 36.8 Å². The van der Waals surface area contributed by atoms with Crippen LogP contribution in [0.25, 0.3) is 11.4 Å². The van der Waals surface area contributed by atoms with Crippen LogP contribution in [0.15, 0.2) is 116 Å². The Morgan fingerprint density at radius 2 is 1.58 bits per heavy atom. The molecule has 0 unspecified atom stereocenters. The van der Waals surface area contributed by atoms with Crippen LogP contribution in [0.4, 0.5) is 20.2 Å². The Hall–Kier alpha value is -6.74. The maximum atomic E-state index is 17.1. The number of anilines is 2. The molecule has 0 aliphatic heterocycles. The number of imidazole rings is 1. The number of carbonyl (C=O) groups excluding carboxylic acids is 1. The van der Waals surface area contributed by atoms with Crippen molar-refractivity contribution in [3.05, 3.63) is 138 Å². The number of hydrogen-bond donors (Lipinski definition) is 0. The summed E-state index contributed by atoms with van der Waals surface area (Å²) in [6, 6.07) is 30.8. The lowest BCUT2D eigenvalue weighted by Crippen LogP contribution is -2.49. The SMILES string of the molecule is CCOC(=O)C(C)(C)N(c1ccccc1)c1c(F)c(Oc2cccc(-c3nccn3C)c2)nc(Oc2cc(C#N)ccc2OCc2ccccc2)c1F. The second-order valence-electron chi connectivity index (χ2n) is 12.3. The summed E-state index contributed by atoms with van der Waals surface area (Å²) in [5, 5.41) is 9.70. The standard InChI is InChI=1S/C41H35F2N5O5/c1-5-50-40(49)41(2,3)48(30-16-10-7-11-17-30)36-34(42)38(52-31-18-12-15-29(24-31)37-45-21-22-47(37)4)46-39(35(36)43)53-33-23-28(25-44)19-20-32(33)51-26-27-13-8-6-9-14-27/h6-24H,5,26H2,1-4H3. The Balaban J connectivity index is 1.52. The molecule has 53 heavy (non-hydrogen) atoms. The number of aromatic nitrogens is 3. The predicted molar refractivity (Wildman–Crippen MR) is 194 cm³/mol. The lowest BCUT2D eigenvalue weighted by Gasteiger charge is -2.38. The van der Waals surface area contributed by atoms with E-state index in [-0.39, 0.29) is 41.7 Å². The van der Waals surface area contributed by atoms with Crippen molar-refractivity contribution in [3.8, 4) is 46.5 Å². The molecule has 0 aliphatic rings. The zero-order chi connectivity index (χ0) is 37.5. The van der Waals surface area contributed by atoms with E-state index in [1.54, 1.807) is 67.8 Å². The van der Waals surface area contributed by atoms with Crippen molar-refractivity contribution in [2.24, 2.45) is 7.05 Å². The van der Waals surface area contributed by atoms with E-state index in [2.05, 4.69) is 9.97 Å². The maximum Gasteiger partial charge on any atom is 0.331 e. The molecule has 0 saturated heterocycles. The minimum absolute atomic E-state index is 0.0300. The number of para-hydroxylation sites is 1. The number of nitriles is 1. The molecule has 6 aromatic rings. The topological polar surface area (TPSA) is 112 Å². The first-order valence-corrected chi connectivity index (χ1v) is 16.7. The van der Waals surface area contributed by atoms with E-state index in [0.717, 1.165) is 5.56 Å². The van der Waals surface area contributed by atoms with Crippen LogP contribution in [-0.4, -0.2) is 32.7 Å². The fraction of sp³-hybridized carbons (Fsp3) is 0.171. The summed E-state index contributed by atoms with van der Waals surface area (Å²) in [5.41, 5.74) is -0.403. The summed E-state index contributed by atoms with van der Waals surface area (Å²) in [7, 11) is 1.83. The first-order valence-electron chi connectivity index (χ1n) is 16.7. The number of pyridine rings is 1. The summed E-state index contributed by atoms with van der Waals surface area (Å²) in [6.45, 7) is 4.77. The Morgan fingerprint density at radius 3 is 2.25 bits per heavy atom. The van der Waals surface area contributed by atoms with E-state index in [4.69, 9.17) is 18.9 Å². The van der Waals surface area contributed by atoms with Crippen LogP contribution in [-0.2, 0) is 23.2 Å². The Bertz CT molecular complexity index is 2270. The molecule has 10 nitrogen and oxygen atoms in total. The van der Waals surface area contributed by atoms with Crippen LogP contribution in [0.1, 0.15) is 31.9 Å². The number of hydrogen-bond acceptors (Lipinski definition) is 9. The molecule has 0 fully saturated rings. The molecule has 0 saturated carbocycles. The second-order valence-corrected chi connectivity index (χ2v) is 12.3. The predicted octanol–water partition coefficient (Wildman–Crippen LogP) is 9.28. The molecule has 0 atom stereocenters. The van der Waals surface area contributed by atoms with Crippen molar-refractivity contribution in [1.29, 1.82) is 5.26 Å². The summed E-state index contributed by atoms with van der Waals surface area (Å²) in [4.78, 5) is 23.2. The molecule has 0 bridgehead atoms. The van der Waals surface area contributed by atoms with Gasteiger partial charge in [0.15, 0.2) is 11.5 Å². The molecular weight excluding hydrogens is 680 g/mol. The number of benzene rings is 4. The Kier molecular flexibility index (Phi) is 10.7. The third-order valence-electron chi connectivity index (χ3n) is 8.21. The van der Waals surface area contributed by atoms with Gasteiger partial charge in [0.2, 0.25) is 11.6 Å². The number of esters is 1. The summed E-state index contributed by atoms with van der Waals surface area (Å²) >= 11 is 0. The van der Waals surface area contributed by atoms with Crippen LogP contribution in [0, 0.1) is 23.0 Å². The molecule has 2 aromatic heterocycles. The van der Waals surface area contributed by atoms with E-state index in [1.807, 2.05) is 54.1 Å². The lowest BCUT2D eigenvalue weighted by atomic mass is 10.00. The monoisotopic (exact) mass is 715 g/mol. The van der Waals surface area contributed by atoms with Crippen molar-refractivity contribution >= 4 is 17.3 Å². The molecular formula is C41H35F2N5O5. The highest BCUT2D eigenvalue weighted by molar-refractivity contribution is 5.88. The van der Waals surface area contributed by atoms with E-state index < -0.39 is 40.6 Å². The van der Waals surface area contributed by atoms with Crippen LogP contribution in [0.3, 0.4) is 0 Å². The van der Waals surface area contributed by atoms with Gasteiger partial charge in [-0.25, -0.2) is 9.78 Å². The molecule has 268 valence electrons. The van der Waals surface area contributed by atoms with Gasteiger partial charge in [-0.2, -0.15) is 19.0 Å². The van der Waals surface area contributed by atoms with Crippen molar-refractivity contribution in [2.45, 2.75) is 32.9 Å². The van der Waals surface area contributed by atoms with Crippen LogP contribution in [0.2, 0.25) is 0 Å². The minimum atomic E-state index is -1.67. The van der Waals surface area contributed by atoms with Crippen molar-refractivity contribution in [1.82, 2.24) is 14.5 Å². The van der Waals surface area contributed by atoms with E-state index >= 15 is 8.78 Å². The fourth-order valence-corrected chi connectivity index (χ4v) is 5.60. The second kappa shape index (κ2) is 15.7. The maximum absolute atomic E-state index is 17.1. The van der Waals surface area contributed by atoms with Crippen LogP contribution in [0.5, 0.6) is 29.0 Å². The van der Waals surface area contributed by atoms with Gasteiger partial charge in [-0.05, 0) is 62.7 Å². The van der Waals surface area contributed by atoms with Gasteiger partial charge in [-0.15, -0.1) is 0 Å². The number of rotatable bonds is 13. The molecule has 12 heteroatoms. The normalized spacial score (nSPS) is 11.0. The first-order chi connectivity index (χ1) is 25.6. The largest absolute Gasteiger partial charge is 0.485 e. The number of carbonyl (C=O) groups is 1. The van der Waals surface area contributed by atoms with Gasteiger partial charge in [-0.3, -0.25) is 0 Å². The van der Waals surface area contributed by atoms with Gasteiger partial charge in [-0.1, -0.05) is 60.7 Å². The molecule has 6 rings (SSSR count). The third kappa shape index (κ3) is 7.79. The highest BCUT2D eigenvalue weighted by Crippen LogP contribution is 2.45. The average molecular weight is 716 g/mol. The summed E-state index contributed by atoms with van der Waals surface area (Å²) < 4.78 is 59.5. The summed E-state index contributed by atoms with van der Waals surface area (Å²) in [5.74, 6) is -3.70. The fourth-order valence-electron chi connectivity index (χ4n) is 5.60. The smallest absolute Gasteiger partial charge is 0.331 e. The average Bonchev–Trinajstić information content (AvgIpc) is 3.61. The molecule has 0 radical (unpaired) electrons. The third-order valence-corrected chi connectivity index (χ3v) is 8.21. The van der Waals surface area contributed by atoms with Gasteiger partial charge in [0.1, 0.15) is 29.4 Å². The van der Waals surface area contributed by atoms with Gasteiger partial charge < -0.3 is 28.4 Å². The van der Waals surface area contributed by atoms with Crippen molar-refractivity contribution in [2.75, 3.05) is 11.5 Å². The molecule has 0 spiro atoms. The van der Waals surface area contributed by atoms with E-state index in [9.17, 15) is 10.1 Å². The van der Waals surface area contributed by atoms with Gasteiger partial charge in [0.25, 0.3) is 11.8 Å². The number of halogens is 2. The van der Waals surface area contributed by atoms with Crippen LogP contribution < -0.4 is 19.1 Å². The quantitative estimate of drug-likeness (QED) is 0.108. The van der Waals surface area contributed by atoms with Crippen LogP contribution >= 0.6 is 0 Å². The van der Waals surface area contributed by atoms with E-state index in [0.29, 0.717) is 11.4 Å². The Morgan fingerprint density at radius 1 is 0.887 bits per heavy atom. The van der Waals surface area contributed by atoms with Crippen molar-refractivity contribution < 1.29 is 32.5 Å². The van der Waals surface area contributed by atoms with Gasteiger partial charge in [0.05, 0.1) is 18.2 Å². The molecule has 4 aromatic carbocycles. The van der Waals surface area contributed by atoms with Gasteiger partial charge >= 0.3 is 5.97 Å². The molecule has 2 heterocycles. The summed E-state index contributed by atoms with van der Waals surface area (Å²) in [6.07, 6.45) is 3.42. The molecule has 0 N–H and O–H groups in total. The number of aryl methyl sites for hydroxylation is 1. The zero-order valence-corrected chi connectivity index (χ0v) is 29.4. The highest BCUT2D eigenvalue weighted by Gasteiger charge is 2.42. The minimum Gasteiger partial charge on any atom is -0.485 e. The zero-order valence-electron chi connectivity index (χ0n) is 29.4. The Labute approximate surface area is 305 Å². The highest BCUT2D eigenvalue weighted by atomic mass is 19.1.